The molecule has 0 N–H and O–H groups in total. The Balaban J connectivity index is 1.84. The number of hydrogen-bond acceptors (Lipinski definition) is 0. The van der Waals surface area contributed by atoms with Crippen LogP contribution in [-0.4, -0.2) is 0 Å². The van der Waals surface area contributed by atoms with E-state index in [1.165, 1.54) is 43.7 Å². The zero-order valence-corrected chi connectivity index (χ0v) is 11.1. The molecule has 1 heteroatoms. The highest BCUT2D eigenvalue weighted by Crippen LogP contribution is 2.33. The van der Waals surface area contributed by atoms with Crippen molar-refractivity contribution in [2.24, 2.45) is 0 Å². The maximum absolute atomic E-state index is 13.7. The fourth-order valence-corrected chi connectivity index (χ4v) is 3.07. The van der Waals surface area contributed by atoms with Crippen LogP contribution in [0.3, 0.4) is 0 Å². The highest BCUT2D eigenvalue weighted by molar-refractivity contribution is 5.64. The van der Waals surface area contributed by atoms with Gasteiger partial charge in [-0.2, -0.15) is 0 Å². The van der Waals surface area contributed by atoms with Crippen molar-refractivity contribution in [3.8, 4) is 11.1 Å². The van der Waals surface area contributed by atoms with Crippen LogP contribution in [0.15, 0.2) is 48.5 Å². The van der Waals surface area contributed by atoms with Gasteiger partial charge in [0, 0.05) is 5.56 Å². The SMILES string of the molecule is Fc1ccccc1-c1ccc(C2CCCCC2)cc1. The quantitative estimate of drug-likeness (QED) is 0.660. The van der Waals surface area contributed by atoms with Crippen LogP contribution >= 0.6 is 0 Å². The third kappa shape index (κ3) is 2.70. The minimum absolute atomic E-state index is 0.145. The van der Waals surface area contributed by atoms with E-state index in [2.05, 4.69) is 24.3 Å². The molecule has 0 spiro atoms. The molecule has 0 saturated heterocycles. The highest BCUT2D eigenvalue weighted by atomic mass is 19.1. The Hall–Kier alpha value is -1.63. The molecule has 0 amide bonds. The zero-order chi connectivity index (χ0) is 13.1. The average molecular weight is 254 g/mol. The summed E-state index contributed by atoms with van der Waals surface area (Å²) in [6.07, 6.45) is 6.68. The van der Waals surface area contributed by atoms with Crippen LogP contribution in [0.25, 0.3) is 11.1 Å². The molecule has 2 aromatic rings. The Morgan fingerprint density at radius 1 is 0.789 bits per heavy atom. The second-order valence-electron chi connectivity index (χ2n) is 5.44. The molecule has 0 heterocycles. The molecular weight excluding hydrogens is 235 g/mol. The zero-order valence-electron chi connectivity index (χ0n) is 11.1. The molecular formula is C18H19F. The summed E-state index contributed by atoms with van der Waals surface area (Å²) < 4.78 is 13.7. The Morgan fingerprint density at radius 2 is 1.47 bits per heavy atom. The van der Waals surface area contributed by atoms with Crippen molar-refractivity contribution in [3.05, 3.63) is 59.9 Å². The summed E-state index contributed by atoms with van der Waals surface area (Å²) in [4.78, 5) is 0. The van der Waals surface area contributed by atoms with Crippen LogP contribution in [0, 0.1) is 5.82 Å². The van der Waals surface area contributed by atoms with Crippen LogP contribution in [0.5, 0.6) is 0 Å². The number of hydrogen-bond donors (Lipinski definition) is 0. The Kier molecular flexibility index (Phi) is 3.63. The Morgan fingerprint density at radius 3 is 2.16 bits per heavy atom. The first-order valence-corrected chi connectivity index (χ1v) is 7.19. The summed E-state index contributed by atoms with van der Waals surface area (Å²) in [5.41, 5.74) is 3.08. The second-order valence-corrected chi connectivity index (χ2v) is 5.44. The van der Waals surface area contributed by atoms with Crippen LogP contribution in [0.4, 0.5) is 4.39 Å². The van der Waals surface area contributed by atoms with Crippen molar-refractivity contribution in [1.29, 1.82) is 0 Å². The maximum Gasteiger partial charge on any atom is 0.131 e. The van der Waals surface area contributed by atoms with Gasteiger partial charge in [-0.15, -0.1) is 0 Å². The number of benzene rings is 2. The lowest BCUT2D eigenvalue weighted by Gasteiger charge is -2.22. The minimum atomic E-state index is -0.145. The molecule has 0 aromatic heterocycles. The lowest BCUT2D eigenvalue weighted by Crippen LogP contribution is -2.04. The van der Waals surface area contributed by atoms with Crippen molar-refractivity contribution < 1.29 is 4.39 Å². The highest BCUT2D eigenvalue weighted by Gasteiger charge is 2.15. The molecule has 2 aromatic carbocycles. The Bertz CT molecular complexity index is 536. The van der Waals surface area contributed by atoms with Crippen molar-refractivity contribution in [3.63, 3.8) is 0 Å². The van der Waals surface area contributed by atoms with Gasteiger partial charge in [0.05, 0.1) is 0 Å². The summed E-state index contributed by atoms with van der Waals surface area (Å²) in [6.45, 7) is 0. The van der Waals surface area contributed by atoms with E-state index in [-0.39, 0.29) is 5.82 Å². The van der Waals surface area contributed by atoms with Gasteiger partial charge in [-0.25, -0.2) is 4.39 Å². The second kappa shape index (κ2) is 5.56. The number of halogens is 1. The fraction of sp³-hybridized carbons (Fsp3) is 0.333. The lowest BCUT2D eigenvalue weighted by molar-refractivity contribution is 0.443. The molecule has 0 radical (unpaired) electrons. The van der Waals surface area contributed by atoms with E-state index in [0.717, 1.165) is 5.56 Å². The summed E-state index contributed by atoms with van der Waals surface area (Å²) in [5, 5.41) is 0. The van der Waals surface area contributed by atoms with Crippen LogP contribution < -0.4 is 0 Å². The lowest BCUT2D eigenvalue weighted by atomic mass is 9.84. The van der Waals surface area contributed by atoms with Gasteiger partial charge in [0.25, 0.3) is 0 Å². The first-order chi connectivity index (χ1) is 9.34. The van der Waals surface area contributed by atoms with Gasteiger partial charge in [0.1, 0.15) is 5.82 Å². The first-order valence-electron chi connectivity index (χ1n) is 7.19. The molecule has 1 aliphatic rings. The first kappa shape index (κ1) is 12.4. The third-order valence-corrected chi connectivity index (χ3v) is 4.17. The standard InChI is InChI=1S/C18H19F/c19-18-9-5-4-8-17(18)16-12-10-15(11-13-16)14-6-2-1-3-7-14/h4-5,8-14H,1-3,6-7H2. The van der Waals surface area contributed by atoms with E-state index in [4.69, 9.17) is 0 Å². The van der Waals surface area contributed by atoms with Gasteiger partial charge >= 0.3 is 0 Å². The molecule has 98 valence electrons. The molecule has 1 aliphatic carbocycles. The molecule has 19 heavy (non-hydrogen) atoms. The predicted molar refractivity (Wildman–Crippen MR) is 77.7 cm³/mol. The van der Waals surface area contributed by atoms with E-state index in [1.807, 2.05) is 12.1 Å². The van der Waals surface area contributed by atoms with E-state index in [1.54, 1.807) is 6.07 Å². The smallest absolute Gasteiger partial charge is 0.131 e. The van der Waals surface area contributed by atoms with Gasteiger partial charge in [-0.1, -0.05) is 61.7 Å². The van der Waals surface area contributed by atoms with Gasteiger partial charge in [0.2, 0.25) is 0 Å². The predicted octanol–water partition coefficient (Wildman–Crippen LogP) is 5.54. The van der Waals surface area contributed by atoms with E-state index < -0.39 is 0 Å². The maximum atomic E-state index is 13.7. The van der Waals surface area contributed by atoms with Crippen molar-refractivity contribution >= 4 is 0 Å². The van der Waals surface area contributed by atoms with Crippen molar-refractivity contribution in [2.75, 3.05) is 0 Å². The Labute approximate surface area is 114 Å². The van der Waals surface area contributed by atoms with Crippen LogP contribution in [-0.2, 0) is 0 Å². The van der Waals surface area contributed by atoms with E-state index in [9.17, 15) is 4.39 Å². The molecule has 0 unspecified atom stereocenters. The molecule has 0 bridgehead atoms. The monoisotopic (exact) mass is 254 g/mol. The average Bonchev–Trinajstić information content (AvgIpc) is 2.49. The van der Waals surface area contributed by atoms with E-state index >= 15 is 0 Å². The van der Waals surface area contributed by atoms with Crippen molar-refractivity contribution in [2.45, 2.75) is 38.0 Å². The van der Waals surface area contributed by atoms with Gasteiger partial charge in [0.15, 0.2) is 0 Å². The largest absolute Gasteiger partial charge is 0.206 e. The van der Waals surface area contributed by atoms with Crippen LogP contribution in [0.1, 0.15) is 43.6 Å². The molecule has 1 fully saturated rings. The third-order valence-electron chi connectivity index (χ3n) is 4.17. The van der Waals surface area contributed by atoms with Gasteiger partial charge < -0.3 is 0 Å². The minimum Gasteiger partial charge on any atom is -0.206 e. The molecule has 1 saturated carbocycles. The normalized spacial score (nSPS) is 16.5. The molecule has 0 atom stereocenters. The number of rotatable bonds is 2. The van der Waals surface area contributed by atoms with Crippen LogP contribution in [0.2, 0.25) is 0 Å². The topological polar surface area (TPSA) is 0 Å². The summed E-state index contributed by atoms with van der Waals surface area (Å²) in [7, 11) is 0. The van der Waals surface area contributed by atoms with Gasteiger partial charge in [-0.05, 0) is 36.0 Å². The fourth-order valence-electron chi connectivity index (χ4n) is 3.07. The molecule has 0 aliphatic heterocycles. The van der Waals surface area contributed by atoms with Gasteiger partial charge in [-0.3, -0.25) is 0 Å². The summed E-state index contributed by atoms with van der Waals surface area (Å²) >= 11 is 0. The van der Waals surface area contributed by atoms with E-state index in [0.29, 0.717) is 11.5 Å². The molecule has 0 nitrogen and oxygen atoms in total. The van der Waals surface area contributed by atoms with Crippen molar-refractivity contribution in [1.82, 2.24) is 0 Å². The summed E-state index contributed by atoms with van der Waals surface area (Å²) in [5.74, 6) is 0.566. The summed E-state index contributed by atoms with van der Waals surface area (Å²) in [6, 6.07) is 15.4. The molecule has 3 rings (SSSR count).